The summed E-state index contributed by atoms with van der Waals surface area (Å²) < 4.78 is 14.0. The fourth-order valence-corrected chi connectivity index (χ4v) is 4.00. The van der Waals surface area contributed by atoms with E-state index in [0.29, 0.717) is 18.0 Å². The first kappa shape index (κ1) is 18.6. The van der Waals surface area contributed by atoms with Crippen molar-refractivity contribution >= 4 is 11.9 Å². The maximum atomic E-state index is 14.0. The number of piperidine rings is 1. The van der Waals surface area contributed by atoms with Gasteiger partial charge in [-0.05, 0) is 37.0 Å². The molecule has 1 aromatic heterocycles. The highest BCUT2D eigenvalue weighted by molar-refractivity contribution is 5.94. The SMILES string of the molecule is O=C(c1cc(-c2ccccc2F)n[nH]1)N1CC[C@H](O)[C@](CC2CC2)(C(=O)O)C1. The van der Waals surface area contributed by atoms with Gasteiger partial charge in [0.1, 0.15) is 16.9 Å². The summed E-state index contributed by atoms with van der Waals surface area (Å²) in [4.78, 5) is 26.4. The van der Waals surface area contributed by atoms with Gasteiger partial charge in [0.05, 0.1) is 11.8 Å². The minimum Gasteiger partial charge on any atom is -0.481 e. The number of aliphatic hydroxyl groups excluding tert-OH is 1. The molecule has 2 aromatic rings. The molecule has 1 saturated heterocycles. The van der Waals surface area contributed by atoms with Crippen molar-refractivity contribution in [3.05, 3.63) is 41.8 Å². The summed E-state index contributed by atoms with van der Waals surface area (Å²) in [5.41, 5.74) is -0.592. The molecule has 0 unspecified atom stereocenters. The normalized spacial score (nSPS) is 24.9. The number of aliphatic carboxylic acids is 1. The number of amides is 1. The third-order valence-electron chi connectivity index (χ3n) is 5.80. The first-order valence-electron chi connectivity index (χ1n) is 9.42. The van der Waals surface area contributed by atoms with Crippen molar-refractivity contribution < 1.29 is 24.2 Å². The molecule has 2 atom stereocenters. The van der Waals surface area contributed by atoms with Crippen LogP contribution in [0, 0.1) is 17.2 Å². The quantitative estimate of drug-likeness (QED) is 0.730. The average Bonchev–Trinajstić information content (AvgIpc) is 3.35. The van der Waals surface area contributed by atoms with Crippen LogP contribution in [0.3, 0.4) is 0 Å². The number of aromatic amines is 1. The third kappa shape index (κ3) is 3.28. The largest absolute Gasteiger partial charge is 0.481 e. The minimum atomic E-state index is -1.34. The second-order valence-corrected chi connectivity index (χ2v) is 7.79. The molecule has 4 rings (SSSR count). The lowest BCUT2D eigenvalue weighted by molar-refractivity contribution is -0.163. The lowest BCUT2D eigenvalue weighted by atomic mass is 9.73. The Hall–Kier alpha value is -2.74. The zero-order chi connectivity index (χ0) is 19.9. The van der Waals surface area contributed by atoms with E-state index in [2.05, 4.69) is 10.2 Å². The van der Waals surface area contributed by atoms with Gasteiger partial charge in [-0.3, -0.25) is 14.7 Å². The Kier molecular flexibility index (Phi) is 4.66. The van der Waals surface area contributed by atoms with Crippen LogP contribution in [0.4, 0.5) is 4.39 Å². The van der Waals surface area contributed by atoms with Crippen LogP contribution in [0.15, 0.2) is 30.3 Å². The number of rotatable bonds is 5. The highest BCUT2D eigenvalue weighted by Crippen LogP contribution is 2.45. The first-order valence-corrected chi connectivity index (χ1v) is 9.42. The lowest BCUT2D eigenvalue weighted by Crippen LogP contribution is -2.57. The van der Waals surface area contributed by atoms with Crippen LogP contribution in [0.2, 0.25) is 0 Å². The second-order valence-electron chi connectivity index (χ2n) is 7.79. The Bertz CT molecular complexity index is 910. The molecule has 1 aliphatic heterocycles. The summed E-state index contributed by atoms with van der Waals surface area (Å²) in [5.74, 6) is -1.62. The van der Waals surface area contributed by atoms with Crippen molar-refractivity contribution in [2.75, 3.05) is 13.1 Å². The number of halogens is 1. The zero-order valence-corrected chi connectivity index (χ0v) is 15.3. The Morgan fingerprint density at radius 1 is 1.29 bits per heavy atom. The molecule has 2 heterocycles. The van der Waals surface area contributed by atoms with Crippen molar-refractivity contribution in [1.29, 1.82) is 0 Å². The maximum Gasteiger partial charge on any atom is 0.314 e. The van der Waals surface area contributed by atoms with Gasteiger partial charge in [-0.2, -0.15) is 5.10 Å². The Balaban J connectivity index is 1.56. The highest BCUT2D eigenvalue weighted by atomic mass is 19.1. The van der Waals surface area contributed by atoms with Crippen LogP contribution in [0.1, 0.15) is 36.2 Å². The summed E-state index contributed by atoms with van der Waals surface area (Å²) in [6.45, 7) is 0.209. The first-order chi connectivity index (χ1) is 13.4. The zero-order valence-electron chi connectivity index (χ0n) is 15.3. The van der Waals surface area contributed by atoms with Crippen molar-refractivity contribution in [3.8, 4) is 11.3 Å². The Morgan fingerprint density at radius 3 is 2.71 bits per heavy atom. The number of likely N-dealkylation sites (tertiary alicyclic amines) is 1. The van der Waals surface area contributed by atoms with Crippen LogP contribution in [-0.2, 0) is 4.79 Å². The monoisotopic (exact) mass is 387 g/mol. The average molecular weight is 387 g/mol. The number of benzene rings is 1. The number of nitrogens with one attached hydrogen (secondary N) is 1. The van der Waals surface area contributed by atoms with Gasteiger partial charge in [0, 0.05) is 18.7 Å². The number of carbonyl (C=O) groups is 2. The fraction of sp³-hybridized carbons (Fsp3) is 0.450. The van der Waals surface area contributed by atoms with Gasteiger partial charge in [0.2, 0.25) is 0 Å². The van der Waals surface area contributed by atoms with Gasteiger partial charge >= 0.3 is 5.97 Å². The van der Waals surface area contributed by atoms with Crippen molar-refractivity contribution in [1.82, 2.24) is 15.1 Å². The molecule has 3 N–H and O–H groups in total. The molecule has 1 aromatic carbocycles. The summed E-state index contributed by atoms with van der Waals surface area (Å²) in [6.07, 6.45) is 1.52. The van der Waals surface area contributed by atoms with Crippen molar-refractivity contribution in [3.63, 3.8) is 0 Å². The van der Waals surface area contributed by atoms with Crippen LogP contribution < -0.4 is 0 Å². The van der Waals surface area contributed by atoms with Crippen LogP contribution in [0.5, 0.6) is 0 Å². The third-order valence-corrected chi connectivity index (χ3v) is 5.80. The van der Waals surface area contributed by atoms with Gasteiger partial charge in [0.25, 0.3) is 5.91 Å². The molecular formula is C20H22FN3O4. The molecule has 0 bridgehead atoms. The lowest BCUT2D eigenvalue weighted by Gasteiger charge is -2.43. The smallest absolute Gasteiger partial charge is 0.314 e. The summed E-state index contributed by atoms with van der Waals surface area (Å²) in [5, 5.41) is 26.9. The van der Waals surface area contributed by atoms with E-state index in [4.69, 9.17) is 0 Å². The van der Waals surface area contributed by atoms with Gasteiger partial charge in [-0.15, -0.1) is 0 Å². The van der Waals surface area contributed by atoms with Crippen LogP contribution >= 0.6 is 0 Å². The van der Waals surface area contributed by atoms with Crippen LogP contribution in [-0.4, -0.2) is 56.4 Å². The predicted molar refractivity (Wildman–Crippen MR) is 97.9 cm³/mol. The molecule has 0 spiro atoms. The molecule has 0 radical (unpaired) electrons. The number of H-pyrrole nitrogens is 1. The topological polar surface area (TPSA) is 107 Å². The van der Waals surface area contributed by atoms with Gasteiger partial charge < -0.3 is 15.1 Å². The Morgan fingerprint density at radius 2 is 2.04 bits per heavy atom. The minimum absolute atomic E-state index is 0.0487. The number of nitrogens with zero attached hydrogens (tertiary/aromatic N) is 2. The van der Waals surface area contributed by atoms with E-state index in [1.807, 2.05) is 0 Å². The molecule has 1 saturated carbocycles. The van der Waals surface area contributed by atoms with E-state index >= 15 is 0 Å². The molecule has 7 nitrogen and oxygen atoms in total. The molecule has 1 amide bonds. The number of hydrogen-bond donors (Lipinski definition) is 3. The van der Waals surface area contributed by atoms with E-state index in [1.54, 1.807) is 18.2 Å². The number of carbonyl (C=O) groups excluding carboxylic acids is 1. The fourth-order valence-electron chi connectivity index (χ4n) is 4.00. The Labute approximate surface area is 161 Å². The molecule has 1 aliphatic carbocycles. The predicted octanol–water partition coefficient (Wildman–Crippen LogP) is 2.29. The summed E-state index contributed by atoms with van der Waals surface area (Å²) in [7, 11) is 0. The molecule has 148 valence electrons. The molecule has 28 heavy (non-hydrogen) atoms. The number of carboxylic acids is 1. The van der Waals surface area contributed by atoms with E-state index in [-0.39, 0.29) is 30.8 Å². The number of carboxylic acid groups (broad SMARTS) is 1. The van der Waals surface area contributed by atoms with Gasteiger partial charge in [-0.25, -0.2) is 4.39 Å². The van der Waals surface area contributed by atoms with Crippen LogP contribution in [0.25, 0.3) is 11.3 Å². The summed E-state index contributed by atoms with van der Waals surface area (Å²) >= 11 is 0. The second kappa shape index (κ2) is 7.01. The van der Waals surface area contributed by atoms with Gasteiger partial charge in [-0.1, -0.05) is 25.0 Å². The standard InChI is InChI=1S/C20H22FN3O4/c21-14-4-2-1-3-13(14)15-9-16(23-22-15)18(26)24-8-7-17(25)20(11-24,19(27)28)10-12-5-6-12/h1-4,9,12,17,25H,5-8,10-11H2,(H,22,23)(H,27,28)/t17-,20+/m0/s1. The molecule has 2 aliphatic rings. The van der Waals surface area contributed by atoms with Crippen molar-refractivity contribution in [2.24, 2.45) is 11.3 Å². The number of aromatic nitrogens is 2. The molecule has 2 fully saturated rings. The van der Waals surface area contributed by atoms with E-state index in [1.165, 1.54) is 17.0 Å². The maximum absolute atomic E-state index is 14.0. The van der Waals surface area contributed by atoms with E-state index in [9.17, 15) is 24.2 Å². The van der Waals surface area contributed by atoms with Crippen molar-refractivity contribution in [2.45, 2.75) is 31.8 Å². The number of aliphatic hydroxyl groups is 1. The van der Waals surface area contributed by atoms with E-state index in [0.717, 1.165) is 12.8 Å². The van der Waals surface area contributed by atoms with E-state index < -0.39 is 29.2 Å². The highest BCUT2D eigenvalue weighted by Gasteiger charge is 2.52. The summed E-state index contributed by atoms with van der Waals surface area (Å²) in [6, 6.07) is 7.61. The molecular weight excluding hydrogens is 365 g/mol. The van der Waals surface area contributed by atoms with Gasteiger partial charge in [0.15, 0.2) is 0 Å². The number of hydrogen-bond acceptors (Lipinski definition) is 4. The molecule has 8 heteroatoms.